The lowest BCUT2D eigenvalue weighted by molar-refractivity contribution is 0.165. The number of nitrogens with zero attached hydrogens (tertiary/aromatic N) is 4. The average Bonchev–Trinajstić information content (AvgIpc) is 3.12. The molecule has 0 spiro atoms. The lowest BCUT2D eigenvalue weighted by Crippen LogP contribution is -2.34. The summed E-state index contributed by atoms with van der Waals surface area (Å²) < 4.78 is 7.70. The number of likely N-dealkylation sites (tertiary alicyclic amines) is 1. The molecular weight excluding hydrogens is 264 g/mol. The van der Waals surface area contributed by atoms with Crippen LogP contribution < -0.4 is 0 Å². The van der Waals surface area contributed by atoms with Gasteiger partial charge in [-0.05, 0) is 31.8 Å². The van der Waals surface area contributed by atoms with Crippen LogP contribution in [-0.4, -0.2) is 32.5 Å². The van der Waals surface area contributed by atoms with Gasteiger partial charge < -0.3 is 8.98 Å². The predicted octanol–water partition coefficient (Wildman–Crippen LogP) is 2.91. The van der Waals surface area contributed by atoms with Crippen LogP contribution >= 0.6 is 0 Å². The van der Waals surface area contributed by atoms with Crippen molar-refractivity contribution in [2.45, 2.75) is 45.7 Å². The molecule has 0 atom stereocenters. The van der Waals surface area contributed by atoms with E-state index in [1.165, 1.54) is 12.8 Å². The molecule has 0 bridgehead atoms. The summed E-state index contributed by atoms with van der Waals surface area (Å²) in [5.41, 5.74) is 1.06. The first kappa shape index (κ1) is 14.3. The third-order valence-corrected chi connectivity index (χ3v) is 4.18. The van der Waals surface area contributed by atoms with E-state index in [0.717, 1.165) is 43.7 Å². The lowest BCUT2D eigenvalue weighted by Gasteiger charge is -2.31. The van der Waals surface area contributed by atoms with Gasteiger partial charge in [-0.25, -0.2) is 9.97 Å². The van der Waals surface area contributed by atoms with Gasteiger partial charge in [-0.1, -0.05) is 13.8 Å². The van der Waals surface area contributed by atoms with Gasteiger partial charge in [0.2, 0.25) is 0 Å². The maximum absolute atomic E-state index is 5.51. The SMILES string of the molecule is CC(C)c1nc(CN2CCC(Cn3ccnc3)CC2)co1. The molecule has 21 heavy (non-hydrogen) atoms. The summed E-state index contributed by atoms with van der Waals surface area (Å²) in [6.07, 6.45) is 10.1. The van der Waals surface area contributed by atoms with Gasteiger partial charge >= 0.3 is 0 Å². The van der Waals surface area contributed by atoms with Crippen molar-refractivity contribution in [3.8, 4) is 0 Å². The van der Waals surface area contributed by atoms with Crippen LogP contribution in [0.4, 0.5) is 0 Å². The van der Waals surface area contributed by atoms with E-state index in [1.807, 2.05) is 18.8 Å². The summed E-state index contributed by atoms with van der Waals surface area (Å²) in [6.45, 7) is 8.50. The molecule has 0 radical (unpaired) electrons. The Kier molecular flexibility index (Phi) is 4.39. The van der Waals surface area contributed by atoms with Gasteiger partial charge in [-0.3, -0.25) is 4.90 Å². The van der Waals surface area contributed by atoms with E-state index < -0.39 is 0 Å². The molecule has 0 aromatic carbocycles. The smallest absolute Gasteiger partial charge is 0.196 e. The molecule has 0 N–H and O–H groups in total. The van der Waals surface area contributed by atoms with E-state index in [4.69, 9.17) is 4.42 Å². The van der Waals surface area contributed by atoms with E-state index in [2.05, 4.69) is 39.5 Å². The van der Waals surface area contributed by atoms with Gasteiger partial charge in [0.1, 0.15) is 6.26 Å². The van der Waals surface area contributed by atoms with Crippen LogP contribution in [0.25, 0.3) is 0 Å². The fraction of sp³-hybridized carbons (Fsp3) is 0.625. The summed E-state index contributed by atoms with van der Waals surface area (Å²) in [6, 6.07) is 0. The number of piperidine rings is 1. The standard InChI is InChI=1S/C16H24N4O/c1-13(2)16-18-15(11-21-16)10-19-6-3-14(4-7-19)9-20-8-5-17-12-20/h5,8,11-14H,3-4,6-7,9-10H2,1-2H3. The van der Waals surface area contributed by atoms with Gasteiger partial charge in [-0.15, -0.1) is 0 Å². The Morgan fingerprint density at radius 2 is 2.14 bits per heavy atom. The Bertz CT molecular complexity index is 538. The number of imidazole rings is 1. The number of hydrogen-bond acceptors (Lipinski definition) is 4. The van der Waals surface area contributed by atoms with Crippen LogP contribution in [-0.2, 0) is 13.1 Å². The second-order valence-corrected chi connectivity index (χ2v) is 6.31. The summed E-state index contributed by atoms with van der Waals surface area (Å²) in [4.78, 5) is 11.2. The molecule has 1 saturated heterocycles. The second-order valence-electron chi connectivity index (χ2n) is 6.31. The Balaban J connectivity index is 1.47. The molecule has 0 aliphatic carbocycles. The largest absolute Gasteiger partial charge is 0.448 e. The highest BCUT2D eigenvalue weighted by molar-refractivity contribution is 4.99. The molecule has 2 aromatic rings. The molecular formula is C16H24N4O. The van der Waals surface area contributed by atoms with Gasteiger partial charge in [0.25, 0.3) is 0 Å². The predicted molar refractivity (Wildman–Crippen MR) is 80.8 cm³/mol. The fourth-order valence-corrected chi connectivity index (χ4v) is 2.91. The van der Waals surface area contributed by atoms with Crippen LogP contribution in [0.5, 0.6) is 0 Å². The maximum Gasteiger partial charge on any atom is 0.196 e. The average molecular weight is 288 g/mol. The highest BCUT2D eigenvalue weighted by Gasteiger charge is 2.20. The van der Waals surface area contributed by atoms with Gasteiger partial charge in [0, 0.05) is 31.4 Å². The fourth-order valence-electron chi connectivity index (χ4n) is 2.91. The highest BCUT2D eigenvalue weighted by Crippen LogP contribution is 2.21. The summed E-state index contributed by atoms with van der Waals surface area (Å²) in [7, 11) is 0. The summed E-state index contributed by atoms with van der Waals surface area (Å²) in [5.74, 6) is 1.97. The molecule has 0 saturated carbocycles. The topological polar surface area (TPSA) is 47.1 Å². The van der Waals surface area contributed by atoms with Crippen LogP contribution in [0, 0.1) is 5.92 Å². The normalized spacial score (nSPS) is 17.7. The lowest BCUT2D eigenvalue weighted by atomic mass is 9.96. The summed E-state index contributed by atoms with van der Waals surface area (Å²) in [5, 5.41) is 0. The zero-order valence-corrected chi connectivity index (χ0v) is 12.9. The van der Waals surface area contributed by atoms with E-state index in [1.54, 1.807) is 0 Å². The summed E-state index contributed by atoms with van der Waals surface area (Å²) >= 11 is 0. The third kappa shape index (κ3) is 3.73. The molecule has 114 valence electrons. The zero-order chi connectivity index (χ0) is 14.7. The quantitative estimate of drug-likeness (QED) is 0.848. The van der Waals surface area contributed by atoms with Crippen molar-refractivity contribution in [2.75, 3.05) is 13.1 Å². The zero-order valence-electron chi connectivity index (χ0n) is 12.9. The molecule has 3 rings (SSSR count). The van der Waals surface area contributed by atoms with E-state index in [-0.39, 0.29) is 0 Å². The van der Waals surface area contributed by atoms with Crippen LogP contribution in [0.3, 0.4) is 0 Å². The van der Waals surface area contributed by atoms with Crippen molar-refractivity contribution >= 4 is 0 Å². The second kappa shape index (κ2) is 6.43. The van der Waals surface area contributed by atoms with Crippen molar-refractivity contribution in [1.82, 2.24) is 19.4 Å². The van der Waals surface area contributed by atoms with Crippen LogP contribution in [0.15, 0.2) is 29.4 Å². The minimum absolute atomic E-state index is 0.361. The van der Waals surface area contributed by atoms with Crippen molar-refractivity contribution in [3.05, 3.63) is 36.6 Å². The Hall–Kier alpha value is -1.62. The first-order valence-electron chi connectivity index (χ1n) is 7.83. The van der Waals surface area contributed by atoms with E-state index >= 15 is 0 Å². The minimum atomic E-state index is 0.361. The molecule has 2 aromatic heterocycles. The van der Waals surface area contributed by atoms with Crippen LogP contribution in [0.1, 0.15) is 44.2 Å². The Morgan fingerprint density at radius 1 is 1.33 bits per heavy atom. The van der Waals surface area contributed by atoms with E-state index in [9.17, 15) is 0 Å². The molecule has 1 aliphatic heterocycles. The molecule has 1 fully saturated rings. The Labute approximate surface area is 126 Å². The van der Waals surface area contributed by atoms with Gasteiger partial charge in [-0.2, -0.15) is 0 Å². The molecule has 5 nitrogen and oxygen atoms in total. The number of aromatic nitrogens is 3. The maximum atomic E-state index is 5.51. The van der Waals surface area contributed by atoms with Crippen LogP contribution in [0.2, 0.25) is 0 Å². The molecule has 0 amide bonds. The van der Waals surface area contributed by atoms with Crippen molar-refractivity contribution in [3.63, 3.8) is 0 Å². The number of hydrogen-bond donors (Lipinski definition) is 0. The first-order valence-corrected chi connectivity index (χ1v) is 7.83. The molecule has 1 aliphatic rings. The van der Waals surface area contributed by atoms with Gasteiger partial charge in [0.05, 0.1) is 12.0 Å². The first-order chi connectivity index (χ1) is 10.2. The highest BCUT2D eigenvalue weighted by atomic mass is 16.3. The van der Waals surface area contributed by atoms with Crippen molar-refractivity contribution in [1.29, 1.82) is 0 Å². The van der Waals surface area contributed by atoms with Crippen molar-refractivity contribution < 1.29 is 4.42 Å². The Morgan fingerprint density at radius 3 is 2.76 bits per heavy atom. The van der Waals surface area contributed by atoms with Crippen molar-refractivity contribution in [2.24, 2.45) is 5.92 Å². The molecule has 5 heteroatoms. The third-order valence-electron chi connectivity index (χ3n) is 4.18. The number of rotatable bonds is 5. The monoisotopic (exact) mass is 288 g/mol. The molecule has 3 heterocycles. The van der Waals surface area contributed by atoms with Gasteiger partial charge in [0.15, 0.2) is 5.89 Å². The molecule has 0 unspecified atom stereocenters. The minimum Gasteiger partial charge on any atom is -0.448 e. The van der Waals surface area contributed by atoms with E-state index in [0.29, 0.717) is 5.92 Å². The number of oxazole rings is 1.